The lowest BCUT2D eigenvalue weighted by atomic mass is 9.94. The van der Waals surface area contributed by atoms with Gasteiger partial charge in [0.15, 0.2) is 0 Å². The second-order valence-electron chi connectivity index (χ2n) is 4.98. The van der Waals surface area contributed by atoms with Crippen molar-refractivity contribution in [3.63, 3.8) is 0 Å². The summed E-state index contributed by atoms with van der Waals surface area (Å²) in [5, 5.41) is 9.07. The zero-order valence-electron chi connectivity index (χ0n) is 10.5. The Kier molecular flexibility index (Phi) is 4.17. The molecule has 0 bridgehead atoms. The fourth-order valence-electron chi connectivity index (χ4n) is 2.69. The molecule has 2 heteroatoms. The van der Waals surface area contributed by atoms with Crippen molar-refractivity contribution in [2.75, 3.05) is 7.05 Å². The van der Waals surface area contributed by atoms with Crippen molar-refractivity contribution in [3.8, 4) is 6.07 Å². The normalized spacial score (nSPS) is 17.0. The average molecular weight is 228 g/mol. The summed E-state index contributed by atoms with van der Waals surface area (Å²) < 4.78 is 0. The fourth-order valence-corrected chi connectivity index (χ4v) is 2.69. The number of rotatable bonds is 3. The third-order valence-electron chi connectivity index (χ3n) is 3.76. The Morgan fingerprint density at radius 3 is 2.65 bits per heavy atom. The molecule has 90 valence electrons. The maximum absolute atomic E-state index is 9.07. The zero-order valence-corrected chi connectivity index (χ0v) is 10.5. The topological polar surface area (TPSA) is 27.0 Å². The van der Waals surface area contributed by atoms with Gasteiger partial charge in [0.05, 0.1) is 11.6 Å². The minimum atomic E-state index is 0.704. The van der Waals surface area contributed by atoms with Gasteiger partial charge in [0.2, 0.25) is 0 Å². The van der Waals surface area contributed by atoms with Gasteiger partial charge in [-0.2, -0.15) is 5.26 Å². The molecule has 2 nitrogen and oxygen atoms in total. The van der Waals surface area contributed by atoms with Crippen molar-refractivity contribution in [1.29, 1.82) is 5.26 Å². The fraction of sp³-hybridized carbons (Fsp3) is 0.533. The van der Waals surface area contributed by atoms with Crippen LogP contribution in [0.2, 0.25) is 0 Å². The molecule has 0 saturated heterocycles. The van der Waals surface area contributed by atoms with E-state index in [1.54, 1.807) is 0 Å². The van der Waals surface area contributed by atoms with Crippen LogP contribution in [0.15, 0.2) is 24.3 Å². The number of benzene rings is 1. The van der Waals surface area contributed by atoms with Gasteiger partial charge in [0, 0.05) is 12.6 Å². The maximum atomic E-state index is 9.07. The van der Waals surface area contributed by atoms with Gasteiger partial charge in [-0.25, -0.2) is 0 Å². The van der Waals surface area contributed by atoms with E-state index in [-0.39, 0.29) is 0 Å². The average Bonchev–Trinajstić information content (AvgIpc) is 2.40. The molecule has 1 saturated carbocycles. The lowest BCUT2D eigenvalue weighted by Crippen LogP contribution is -2.33. The molecule has 0 aliphatic heterocycles. The molecule has 0 aromatic heterocycles. The standard InChI is InChI=1S/C15H20N2/c1-17(15-9-3-2-4-10-15)12-14-8-6-5-7-13(14)11-16/h5-8,15H,2-4,9-10,12H2,1H3. The van der Waals surface area contributed by atoms with Crippen molar-refractivity contribution in [3.05, 3.63) is 35.4 Å². The summed E-state index contributed by atoms with van der Waals surface area (Å²) in [5.41, 5.74) is 1.97. The summed E-state index contributed by atoms with van der Waals surface area (Å²) >= 11 is 0. The highest BCUT2D eigenvalue weighted by atomic mass is 15.1. The summed E-state index contributed by atoms with van der Waals surface area (Å²) in [6, 6.07) is 10.9. The molecular weight excluding hydrogens is 208 g/mol. The molecule has 1 aliphatic carbocycles. The Bertz CT molecular complexity index is 400. The third kappa shape index (κ3) is 3.08. The first-order valence-electron chi connectivity index (χ1n) is 6.49. The first kappa shape index (κ1) is 12.1. The predicted octanol–water partition coefficient (Wildman–Crippen LogP) is 3.32. The molecule has 2 rings (SSSR count). The predicted molar refractivity (Wildman–Crippen MR) is 69.5 cm³/mol. The van der Waals surface area contributed by atoms with Crippen molar-refractivity contribution < 1.29 is 0 Å². The molecule has 0 heterocycles. The molecule has 1 aliphatic rings. The zero-order chi connectivity index (χ0) is 12.1. The van der Waals surface area contributed by atoms with Crippen molar-refractivity contribution in [2.45, 2.75) is 44.7 Å². The second-order valence-corrected chi connectivity index (χ2v) is 4.98. The molecular formula is C15H20N2. The molecule has 0 atom stereocenters. The van der Waals surface area contributed by atoms with E-state index in [9.17, 15) is 0 Å². The van der Waals surface area contributed by atoms with Gasteiger partial charge in [-0.1, -0.05) is 37.5 Å². The van der Waals surface area contributed by atoms with E-state index in [0.29, 0.717) is 6.04 Å². The van der Waals surface area contributed by atoms with Crippen LogP contribution in [0.1, 0.15) is 43.2 Å². The minimum Gasteiger partial charge on any atom is -0.299 e. The summed E-state index contributed by atoms with van der Waals surface area (Å²) in [6.07, 6.45) is 6.72. The van der Waals surface area contributed by atoms with E-state index in [0.717, 1.165) is 17.7 Å². The van der Waals surface area contributed by atoms with Gasteiger partial charge in [-0.3, -0.25) is 4.90 Å². The first-order valence-corrected chi connectivity index (χ1v) is 6.49. The van der Waals surface area contributed by atoms with E-state index in [4.69, 9.17) is 5.26 Å². The van der Waals surface area contributed by atoms with Gasteiger partial charge >= 0.3 is 0 Å². The van der Waals surface area contributed by atoms with Crippen LogP contribution in [-0.4, -0.2) is 18.0 Å². The highest BCUT2D eigenvalue weighted by Gasteiger charge is 2.18. The smallest absolute Gasteiger partial charge is 0.0995 e. The van der Waals surface area contributed by atoms with E-state index >= 15 is 0 Å². The molecule has 1 aromatic rings. The molecule has 0 unspecified atom stereocenters. The van der Waals surface area contributed by atoms with Gasteiger partial charge < -0.3 is 0 Å². The number of hydrogen-bond donors (Lipinski definition) is 0. The quantitative estimate of drug-likeness (QED) is 0.793. The minimum absolute atomic E-state index is 0.704. The van der Waals surface area contributed by atoms with Gasteiger partial charge in [0.1, 0.15) is 0 Å². The molecule has 0 N–H and O–H groups in total. The lowest BCUT2D eigenvalue weighted by Gasteiger charge is -2.31. The SMILES string of the molecule is CN(Cc1ccccc1C#N)C1CCCCC1. The van der Waals surface area contributed by atoms with Gasteiger partial charge in [-0.15, -0.1) is 0 Å². The highest BCUT2D eigenvalue weighted by Crippen LogP contribution is 2.23. The largest absolute Gasteiger partial charge is 0.299 e. The monoisotopic (exact) mass is 228 g/mol. The Labute approximate surface area is 104 Å². The van der Waals surface area contributed by atoms with E-state index in [1.807, 2.05) is 18.2 Å². The number of nitriles is 1. The Balaban J connectivity index is 2.02. The summed E-state index contributed by atoms with van der Waals surface area (Å²) in [6.45, 7) is 0.897. The maximum Gasteiger partial charge on any atom is 0.0995 e. The summed E-state index contributed by atoms with van der Waals surface area (Å²) in [4.78, 5) is 2.41. The van der Waals surface area contributed by atoms with Crippen molar-refractivity contribution >= 4 is 0 Å². The van der Waals surface area contributed by atoms with Crippen LogP contribution >= 0.6 is 0 Å². The van der Waals surface area contributed by atoms with E-state index in [1.165, 1.54) is 32.1 Å². The van der Waals surface area contributed by atoms with Crippen LogP contribution in [0.25, 0.3) is 0 Å². The first-order chi connectivity index (χ1) is 8.31. The van der Waals surface area contributed by atoms with Crippen molar-refractivity contribution in [1.82, 2.24) is 4.90 Å². The second kappa shape index (κ2) is 5.84. The Hall–Kier alpha value is -1.33. The van der Waals surface area contributed by atoms with E-state index in [2.05, 4.69) is 24.1 Å². The summed E-state index contributed by atoms with van der Waals surface area (Å²) in [5.74, 6) is 0. The van der Waals surface area contributed by atoms with E-state index < -0.39 is 0 Å². The number of hydrogen-bond acceptors (Lipinski definition) is 2. The van der Waals surface area contributed by atoms with Crippen LogP contribution < -0.4 is 0 Å². The van der Waals surface area contributed by atoms with Crippen LogP contribution in [0, 0.1) is 11.3 Å². The molecule has 17 heavy (non-hydrogen) atoms. The van der Waals surface area contributed by atoms with Crippen molar-refractivity contribution in [2.24, 2.45) is 0 Å². The Morgan fingerprint density at radius 1 is 1.24 bits per heavy atom. The molecule has 0 spiro atoms. The van der Waals surface area contributed by atoms with Crippen LogP contribution in [0.5, 0.6) is 0 Å². The highest BCUT2D eigenvalue weighted by molar-refractivity contribution is 5.37. The summed E-state index contributed by atoms with van der Waals surface area (Å²) in [7, 11) is 2.18. The molecule has 0 radical (unpaired) electrons. The van der Waals surface area contributed by atoms with Crippen LogP contribution in [0.3, 0.4) is 0 Å². The van der Waals surface area contributed by atoms with Crippen LogP contribution in [0.4, 0.5) is 0 Å². The lowest BCUT2D eigenvalue weighted by molar-refractivity contribution is 0.184. The number of nitrogens with zero attached hydrogens (tertiary/aromatic N) is 2. The van der Waals surface area contributed by atoms with Gasteiger partial charge in [0.25, 0.3) is 0 Å². The van der Waals surface area contributed by atoms with Gasteiger partial charge in [-0.05, 0) is 31.5 Å². The van der Waals surface area contributed by atoms with Crippen LogP contribution in [-0.2, 0) is 6.54 Å². The Morgan fingerprint density at radius 2 is 1.94 bits per heavy atom. The molecule has 1 aromatic carbocycles. The molecule has 0 amide bonds. The molecule has 1 fully saturated rings. The third-order valence-corrected chi connectivity index (χ3v) is 3.76.